The highest BCUT2D eigenvalue weighted by Gasteiger charge is 2.15. The van der Waals surface area contributed by atoms with Crippen LogP contribution in [0.3, 0.4) is 0 Å². The van der Waals surface area contributed by atoms with Crippen LogP contribution in [0.25, 0.3) is 0 Å². The maximum Gasteiger partial charge on any atom is 0.261 e. The summed E-state index contributed by atoms with van der Waals surface area (Å²) in [6, 6.07) is 13.0. The molecule has 152 valence electrons. The first-order valence-corrected chi connectivity index (χ1v) is 10.8. The predicted octanol–water partition coefficient (Wildman–Crippen LogP) is 3.06. The number of amides is 1. The summed E-state index contributed by atoms with van der Waals surface area (Å²) in [4.78, 5) is 16.4. The fourth-order valence-corrected chi connectivity index (χ4v) is 3.87. The van der Waals surface area contributed by atoms with E-state index in [0.717, 1.165) is 12.1 Å². The number of rotatable bonds is 8. The van der Waals surface area contributed by atoms with Crippen molar-refractivity contribution in [3.8, 4) is 0 Å². The van der Waals surface area contributed by atoms with Gasteiger partial charge in [0.25, 0.3) is 15.9 Å². The van der Waals surface area contributed by atoms with Crippen LogP contribution in [-0.4, -0.2) is 30.4 Å². The van der Waals surface area contributed by atoms with Gasteiger partial charge in [0.1, 0.15) is 0 Å². The molecule has 1 amide bonds. The Bertz CT molecular complexity index is 1040. The second-order valence-electron chi connectivity index (χ2n) is 7.07. The van der Waals surface area contributed by atoms with Crippen molar-refractivity contribution in [2.24, 2.45) is 5.92 Å². The van der Waals surface area contributed by atoms with Crippen LogP contribution >= 0.6 is 0 Å². The first kappa shape index (κ1) is 20.6. The number of nitrogens with zero attached hydrogens (tertiary/aromatic N) is 2. The summed E-state index contributed by atoms with van der Waals surface area (Å²) in [5, 5.41) is 2.88. The number of sulfonamides is 1. The Kier molecular flexibility index (Phi) is 6.33. The second kappa shape index (κ2) is 8.91. The number of anilines is 1. The highest BCUT2D eigenvalue weighted by atomic mass is 32.2. The molecular formula is C21H24N4O3S. The van der Waals surface area contributed by atoms with E-state index in [1.54, 1.807) is 24.7 Å². The normalized spacial score (nSPS) is 12.3. The first-order valence-electron chi connectivity index (χ1n) is 9.27. The van der Waals surface area contributed by atoms with Crippen LogP contribution in [0.1, 0.15) is 22.8 Å². The number of hydrogen-bond donors (Lipinski definition) is 2. The molecule has 2 aromatic carbocycles. The number of benzene rings is 2. The Morgan fingerprint density at radius 1 is 1.10 bits per heavy atom. The molecule has 0 aliphatic rings. The molecule has 0 radical (unpaired) electrons. The molecule has 0 aliphatic heterocycles. The molecule has 0 bridgehead atoms. The summed E-state index contributed by atoms with van der Waals surface area (Å²) < 4.78 is 29.5. The highest BCUT2D eigenvalue weighted by molar-refractivity contribution is 7.92. The van der Waals surface area contributed by atoms with Gasteiger partial charge in [0, 0.05) is 36.7 Å². The summed E-state index contributed by atoms with van der Waals surface area (Å²) in [6.45, 7) is 5.22. The van der Waals surface area contributed by atoms with Gasteiger partial charge in [-0.25, -0.2) is 13.4 Å². The first-order chi connectivity index (χ1) is 13.8. The van der Waals surface area contributed by atoms with E-state index in [1.807, 2.05) is 36.7 Å². The van der Waals surface area contributed by atoms with Gasteiger partial charge >= 0.3 is 0 Å². The van der Waals surface area contributed by atoms with E-state index in [0.29, 0.717) is 17.8 Å². The van der Waals surface area contributed by atoms with Crippen molar-refractivity contribution in [1.29, 1.82) is 0 Å². The maximum absolute atomic E-state index is 12.5. The van der Waals surface area contributed by atoms with Crippen molar-refractivity contribution in [3.63, 3.8) is 0 Å². The number of carbonyl (C=O) groups excluding carboxylic acids is 1. The number of nitrogens with one attached hydrogen (secondary N) is 2. The quantitative estimate of drug-likeness (QED) is 0.595. The second-order valence-corrected chi connectivity index (χ2v) is 8.75. The van der Waals surface area contributed by atoms with E-state index < -0.39 is 10.0 Å². The molecule has 0 aliphatic carbocycles. The number of aryl methyl sites for hydroxylation is 1. The summed E-state index contributed by atoms with van der Waals surface area (Å²) in [5.41, 5.74) is 1.95. The van der Waals surface area contributed by atoms with E-state index in [4.69, 9.17) is 0 Å². The average molecular weight is 413 g/mol. The smallest absolute Gasteiger partial charge is 0.261 e. The number of carbonyl (C=O) groups is 1. The molecule has 0 fully saturated rings. The van der Waals surface area contributed by atoms with Gasteiger partial charge in [0.05, 0.1) is 11.2 Å². The van der Waals surface area contributed by atoms with Crippen LogP contribution in [0.2, 0.25) is 0 Å². The van der Waals surface area contributed by atoms with Crippen LogP contribution in [0.5, 0.6) is 0 Å². The molecule has 7 nitrogen and oxygen atoms in total. The van der Waals surface area contributed by atoms with Crippen molar-refractivity contribution < 1.29 is 13.2 Å². The summed E-state index contributed by atoms with van der Waals surface area (Å²) in [7, 11) is -3.71. The van der Waals surface area contributed by atoms with Crippen LogP contribution in [0, 0.1) is 12.8 Å². The van der Waals surface area contributed by atoms with E-state index in [-0.39, 0.29) is 16.7 Å². The molecule has 3 rings (SSSR count). The molecule has 29 heavy (non-hydrogen) atoms. The zero-order valence-electron chi connectivity index (χ0n) is 16.4. The molecule has 0 saturated carbocycles. The summed E-state index contributed by atoms with van der Waals surface area (Å²) >= 11 is 0. The summed E-state index contributed by atoms with van der Waals surface area (Å²) in [6.07, 6.45) is 5.33. The Balaban J connectivity index is 1.58. The standard InChI is InChI=1S/C21H24N4O3S/c1-16-3-7-19(8-4-16)24-29(27,28)20-9-5-18(6-10-20)21(26)23-13-17(2)14-25-12-11-22-15-25/h3-12,15,17,24H,13-14H2,1-2H3,(H,23,26)/t17-/m1/s1. The zero-order valence-corrected chi connectivity index (χ0v) is 17.2. The van der Waals surface area contributed by atoms with Gasteiger partial charge in [-0.15, -0.1) is 0 Å². The Morgan fingerprint density at radius 2 is 1.79 bits per heavy atom. The lowest BCUT2D eigenvalue weighted by Crippen LogP contribution is -2.29. The van der Waals surface area contributed by atoms with Gasteiger partial charge in [-0.2, -0.15) is 0 Å². The predicted molar refractivity (Wildman–Crippen MR) is 112 cm³/mol. The van der Waals surface area contributed by atoms with Crippen molar-refractivity contribution in [2.75, 3.05) is 11.3 Å². The third kappa shape index (κ3) is 5.68. The van der Waals surface area contributed by atoms with Crippen molar-refractivity contribution >= 4 is 21.6 Å². The largest absolute Gasteiger partial charge is 0.352 e. The highest BCUT2D eigenvalue weighted by Crippen LogP contribution is 2.17. The molecule has 0 spiro atoms. The van der Waals surface area contributed by atoms with Gasteiger partial charge in [-0.1, -0.05) is 24.6 Å². The molecule has 0 saturated heterocycles. The Morgan fingerprint density at radius 3 is 2.41 bits per heavy atom. The zero-order chi connectivity index (χ0) is 20.9. The maximum atomic E-state index is 12.5. The van der Waals surface area contributed by atoms with E-state index in [9.17, 15) is 13.2 Å². The van der Waals surface area contributed by atoms with Crippen LogP contribution in [0.4, 0.5) is 5.69 Å². The van der Waals surface area contributed by atoms with Gasteiger partial charge in [0.2, 0.25) is 0 Å². The van der Waals surface area contributed by atoms with E-state index >= 15 is 0 Å². The van der Waals surface area contributed by atoms with Crippen LogP contribution in [-0.2, 0) is 16.6 Å². The number of imidazole rings is 1. The Hall–Kier alpha value is -3.13. The lowest BCUT2D eigenvalue weighted by Gasteiger charge is -2.13. The van der Waals surface area contributed by atoms with Gasteiger partial charge < -0.3 is 9.88 Å². The van der Waals surface area contributed by atoms with E-state index in [2.05, 4.69) is 15.0 Å². The fraction of sp³-hybridized carbons (Fsp3) is 0.238. The minimum absolute atomic E-state index is 0.100. The van der Waals surface area contributed by atoms with E-state index in [1.165, 1.54) is 24.3 Å². The third-order valence-corrected chi connectivity index (χ3v) is 5.82. The topological polar surface area (TPSA) is 93.1 Å². The molecule has 0 unspecified atom stereocenters. The Labute approximate surface area is 170 Å². The summed E-state index contributed by atoms with van der Waals surface area (Å²) in [5.74, 6) is -0.00978. The fourth-order valence-electron chi connectivity index (χ4n) is 2.81. The molecule has 3 aromatic rings. The van der Waals surface area contributed by atoms with Crippen molar-refractivity contribution in [3.05, 3.63) is 78.4 Å². The van der Waals surface area contributed by atoms with Gasteiger partial charge in [-0.3, -0.25) is 9.52 Å². The lowest BCUT2D eigenvalue weighted by molar-refractivity contribution is 0.0946. The van der Waals surface area contributed by atoms with Crippen LogP contribution < -0.4 is 10.0 Å². The molecule has 8 heteroatoms. The lowest BCUT2D eigenvalue weighted by atomic mass is 10.1. The van der Waals surface area contributed by atoms with Crippen molar-refractivity contribution in [2.45, 2.75) is 25.3 Å². The molecule has 1 heterocycles. The average Bonchev–Trinajstić information content (AvgIpc) is 3.21. The molecule has 1 aromatic heterocycles. The number of hydrogen-bond acceptors (Lipinski definition) is 4. The molecule has 1 atom stereocenters. The van der Waals surface area contributed by atoms with Crippen LogP contribution in [0.15, 0.2) is 72.1 Å². The monoisotopic (exact) mass is 412 g/mol. The minimum atomic E-state index is -3.71. The molecular weight excluding hydrogens is 388 g/mol. The van der Waals surface area contributed by atoms with Crippen molar-refractivity contribution in [1.82, 2.24) is 14.9 Å². The molecule has 2 N–H and O–H groups in total. The van der Waals surface area contributed by atoms with Gasteiger partial charge in [-0.05, 0) is 49.2 Å². The van der Waals surface area contributed by atoms with Gasteiger partial charge in [0.15, 0.2) is 0 Å². The number of aromatic nitrogens is 2. The third-order valence-electron chi connectivity index (χ3n) is 4.42. The SMILES string of the molecule is Cc1ccc(NS(=O)(=O)c2ccc(C(=O)NC[C@@H](C)Cn3ccnc3)cc2)cc1. The minimum Gasteiger partial charge on any atom is -0.352 e.